The number of amides is 2. The highest BCUT2D eigenvalue weighted by atomic mass is 35.5. The number of halogens is 2. The Balaban J connectivity index is 2.97. The molecule has 0 saturated carbocycles. The number of hydrazine groups is 1. The number of nitrogens with zero attached hydrogens (tertiary/aromatic N) is 2. The van der Waals surface area contributed by atoms with Crippen LogP contribution in [0.25, 0.3) is 0 Å². The summed E-state index contributed by atoms with van der Waals surface area (Å²) in [5, 5.41) is 1.78. The molecule has 1 aromatic rings. The average Bonchev–Trinajstić information content (AvgIpc) is 2.19. The smallest absolute Gasteiger partial charge is 0.329 e. The first kappa shape index (κ1) is 12.1. The molecule has 0 atom stereocenters. The lowest BCUT2D eigenvalue weighted by molar-refractivity contribution is 0.224. The van der Waals surface area contributed by atoms with E-state index in [1.165, 1.54) is 11.0 Å². The fourth-order valence-corrected chi connectivity index (χ4v) is 1.25. The van der Waals surface area contributed by atoms with E-state index in [9.17, 15) is 4.79 Å². The first-order valence-electron chi connectivity index (χ1n) is 4.14. The quantitative estimate of drug-likeness (QED) is 0.471. The zero-order valence-corrected chi connectivity index (χ0v) is 9.88. The number of hydrogen-bond donors (Lipinski definition) is 1. The van der Waals surface area contributed by atoms with Crippen LogP contribution in [0, 0.1) is 0 Å². The van der Waals surface area contributed by atoms with Gasteiger partial charge in [-0.25, -0.2) is 15.6 Å². The lowest BCUT2D eigenvalue weighted by Crippen LogP contribution is -2.44. The lowest BCUT2D eigenvalue weighted by atomic mass is 10.3. The molecule has 0 aliphatic carbocycles. The third-order valence-corrected chi connectivity index (χ3v) is 2.51. The summed E-state index contributed by atoms with van der Waals surface area (Å²) >= 11 is 11.5. The van der Waals surface area contributed by atoms with Crippen molar-refractivity contribution in [3.05, 3.63) is 28.2 Å². The van der Waals surface area contributed by atoms with Crippen molar-refractivity contribution in [3.63, 3.8) is 0 Å². The molecule has 0 aromatic heterocycles. The number of anilines is 1. The van der Waals surface area contributed by atoms with Gasteiger partial charge in [0.2, 0.25) is 0 Å². The number of urea groups is 1. The molecule has 0 saturated heterocycles. The molecule has 0 fully saturated rings. The molecular formula is C9H11Cl2N3O. The molecule has 1 rings (SSSR count). The van der Waals surface area contributed by atoms with Crippen molar-refractivity contribution in [1.82, 2.24) is 4.90 Å². The Kier molecular flexibility index (Phi) is 3.79. The highest BCUT2D eigenvalue weighted by molar-refractivity contribution is 6.42. The summed E-state index contributed by atoms with van der Waals surface area (Å²) in [6.07, 6.45) is 0. The van der Waals surface area contributed by atoms with Gasteiger partial charge in [-0.15, -0.1) is 0 Å². The van der Waals surface area contributed by atoms with Crippen molar-refractivity contribution < 1.29 is 4.79 Å². The minimum absolute atomic E-state index is 0.339. The van der Waals surface area contributed by atoms with E-state index in [-0.39, 0.29) is 6.03 Å². The van der Waals surface area contributed by atoms with Crippen LogP contribution in [0.4, 0.5) is 10.5 Å². The molecule has 0 bridgehead atoms. The van der Waals surface area contributed by atoms with E-state index in [1.54, 1.807) is 26.2 Å². The second-order valence-electron chi connectivity index (χ2n) is 3.15. The zero-order valence-electron chi connectivity index (χ0n) is 8.37. The number of hydrogen-bond acceptors (Lipinski definition) is 2. The van der Waals surface area contributed by atoms with Crippen molar-refractivity contribution in [2.45, 2.75) is 0 Å². The minimum Gasteiger partial charge on any atom is -0.329 e. The topological polar surface area (TPSA) is 49.6 Å². The molecule has 4 nitrogen and oxygen atoms in total. The molecule has 0 unspecified atom stereocenters. The SMILES string of the molecule is CN(C)C(=O)N(N)c1ccc(Cl)c(Cl)c1. The highest BCUT2D eigenvalue weighted by Gasteiger charge is 2.14. The fourth-order valence-electron chi connectivity index (χ4n) is 0.961. The summed E-state index contributed by atoms with van der Waals surface area (Å²) in [5.41, 5.74) is 0.489. The molecule has 0 heterocycles. The molecule has 0 aliphatic heterocycles. The van der Waals surface area contributed by atoms with E-state index in [0.29, 0.717) is 15.7 Å². The van der Waals surface area contributed by atoms with E-state index < -0.39 is 0 Å². The van der Waals surface area contributed by atoms with E-state index in [2.05, 4.69) is 0 Å². The summed E-state index contributed by atoms with van der Waals surface area (Å²) in [7, 11) is 3.22. The predicted octanol–water partition coefficient (Wildman–Crippen LogP) is 2.36. The summed E-state index contributed by atoms with van der Waals surface area (Å²) < 4.78 is 0. The summed E-state index contributed by atoms with van der Waals surface area (Å²) in [5.74, 6) is 5.60. The van der Waals surface area contributed by atoms with Gasteiger partial charge in [-0.3, -0.25) is 0 Å². The van der Waals surface area contributed by atoms with Gasteiger partial charge in [0.05, 0.1) is 15.7 Å². The Labute approximate surface area is 98.1 Å². The van der Waals surface area contributed by atoms with Crippen LogP contribution in [0.15, 0.2) is 18.2 Å². The Bertz CT molecular complexity index is 382. The van der Waals surface area contributed by atoms with Gasteiger partial charge in [0.15, 0.2) is 0 Å². The number of carbonyl (C=O) groups excluding carboxylic acids is 1. The van der Waals surface area contributed by atoms with E-state index >= 15 is 0 Å². The summed E-state index contributed by atoms with van der Waals surface area (Å²) in [6.45, 7) is 0. The zero-order chi connectivity index (χ0) is 11.6. The van der Waals surface area contributed by atoms with Gasteiger partial charge in [-0.05, 0) is 18.2 Å². The van der Waals surface area contributed by atoms with E-state index in [1.807, 2.05) is 0 Å². The van der Waals surface area contributed by atoms with Crippen LogP contribution >= 0.6 is 23.2 Å². The monoisotopic (exact) mass is 247 g/mol. The van der Waals surface area contributed by atoms with Crippen molar-refractivity contribution in [3.8, 4) is 0 Å². The average molecular weight is 248 g/mol. The Morgan fingerprint density at radius 3 is 2.33 bits per heavy atom. The molecule has 82 valence electrons. The van der Waals surface area contributed by atoms with Crippen LogP contribution in [-0.2, 0) is 0 Å². The van der Waals surface area contributed by atoms with Crippen LogP contribution in [-0.4, -0.2) is 25.0 Å². The minimum atomic E-state index is -0.339. The molecule has 0 aliphatic rings. The second kappa shape index (κ2) is 4.70. The maximum atomic E-state index is 11.5. The van der Waals surface area contributed by atoms with E-state index in [0.717, 1.165) is 5.01 Å². The third-order valence-electron chi connectivity index (χ3n) is 1.77. The summed E-state index contributed by atoms with van der Waals surface area (Å²) in [4.78, 5) is 12.9. The molecule has 0 radical (unpaired) electrons. The molecule has 1 aromatic carbocycles. The number of carbonyl (C=O) groups is 1. The highest BCUT2D eigenvalue weighted by Crippen LogP contribution is 2.26. The first-order valence-corrected chi connectivity index (χ1v) is 4.90. The number of nitrogens with two attached hydrogens (primary N) is 1. The Morgan fingerprint density at radius 2 is 1.87 bits per heavy atom. The van der Waals surface area contributed by atoms with Crippen molar-refractivity contribution >= 4 is 34.9 Å². The molecule has 0 spiro atoms. The molecule has 2 N–H and O–H groups in total. The Hall–Kier alpha value is -0.970. The number of benzene rings is 1. The lowest BCUT2D eigenvalue weighted by Gasteiger charge is -2.21. The fraction of sp³-hybridized carbons (Fsp3) is 0.222. The maximum Gasteiger partial charge on any atom is 0.338 e. The molecule has 6 heteroatoms. The third kappa shape index (κ3) is 2.75. The van der Waals surface area contributed by atoms with Crippen molar-refractivity contribution in [1.29, 1.82) is 0 Å². The van der Waals surface area contributed by atoms with Crippen LogP contribution in [0.1, 0.15) is 0 Å². The maximum absolute atomic E-state index is 11.5. The standard InChI is InChI=1S/C9H11Cl2N3O/c1-13(2)9(15)14(12)6-3-4-7(10)8(11)5-6/h3-5H,12H2,1-2H3. The predicted molar refractivity (Wildman–Crippen MR) is 62.2 cm³/mol. The van der Waals surface area contributed by atoms with Crippen molar-refractivity contribution in [2.24, 2.45) is 5.84 Å². The summed E-state index contributed by atoms with van der Waals surface area (Å²) in [6, 6.07) is 4.40. The van der Waals surface area contributed by atoms with Gasteiger partial charge in [0, 0.05) is 14.1 Å². The van der Waals surface area contributed by atoms with Gasteiger partial charge >= 0.3 is 6.03 Å². The van der Waals surface area contributed by atoms with Crippen LogP contribution in [0.2, 0.25) is 10.0 Å². The van der Waals surface area contributed by atoms with Crippen LogP contribution < -0.4 is 10.9 Å². The van der Waals surface area contributed by atoms with Gasteiger partial charge < -0.3 is 4.90 Å². The van der Waals surface area contributed by atoms with Gasteiger partial charge in [-0.1, -0.05) is 23.2 Å². The Morgan fingerprint density at radius 1 is 1.27 bits per heavy atom. The molecular weight excluding hydrogens is 237 g/mol. The van der Waals surface area contributed by atoms with Crippen LogP contribution in [0.5, 0.6) is 0 Å². The molecule has 2 amide bonds. The number of rotatable bonds is 1. The molecule has 15 heavy (non-hydrogen) atoms. The second-order valence-corrected chi connectivity index (χ2v) is 3.96. The first-order chi connectivity index (χ1) is 6.93. The largest absolute Gasteiger partial charge is 0.338 e. The van der Waals surface area contributed by atoms with Gasteiger partial charge in [0.1, 0.15) is 0 Å². The van der Waals surface area contributed by atoms with E-state index in [4.69, 9.17) is 29.0 Å². The van der Waals surface area contributed by atoms with Gasteiger partial charge in [0.25, 0.3) is 0 Å². The van der Waals surface area contributed by atoms with Gasteiger partial charge in [-0.2, -0.15) is 0 Å². The van der Waals surface area contributed by atoms with Crippen LogP contribution in [0.3, 0.4) is 0 Å². The normalized spacial score (nSPS) is 9.93. The van der Waals surface area contributed by atoms with Crippen molar-refractivity contribution in [2.75, 3.05) is 19.1 Å².